The summed E-state index contributed by atoms with van der Waals surface area (Å²) in [5.74, 6) is -0.837. The Hall–Kier alpha value is -4.29. The molecule has 3 heterocycles. The van der Waals surface area contributed by atoms with Gasteiger partial charge < -0.3 is 4.90 Å². The highest BCUT2D eigenvalue weighted by Gasteiger charge is 2.63. The number of aromatic nitrogens is 2. The Labute approximate surface area is 179 Å². The van der Waals surface area contributed by atoms with Crippen LogP contribution >= 0.6 is 0 Å². The van der Waals surface area contributed by atoms with Crippen LogP contribution in [0.1, 0.15) is 27.4 Å². The van der Waals surface area contributed by atoms with Crippen molar-refractivity contribution < 1.29 is 4.79 Å². The predicted octanol–water partition coefficient (Wildman–Crippen LogP) is 3.76. The number of nitrogens with zero attached hydrogens (tertiary/aromatic N) is 5. The molecule has 2 aliphatic heterocycles. The zero-order valence-corrected chi connectivity index (χ0v) is 16.5. The van der Waals surface area contributed by atoms with Crippen LogP contribution in [0.25, 0.3) is 6.08 Å². The van der Waals surface area contributed by atoms with E-state index < -0.39 is 23.4 Å². The van der Waals surface area contributed by atoms with Gasteiger partial charge >= 0.3 is 0 Å². The smallest absolute Gasteiger partial charge is 0.185 e. The van der Waals surface area contributed by atoms with E-state index in [1.54, 1.807) is 24.4 Å². The molecule has 1 fully saturated rings. The standard InChI is InChI=1S/C25H17N5O/c26-15-25(16-27)21-11-10-17-6-4-5-9-20(17)30(21)23(22(25)19-12-13-28-29-14-19)24(31)18-7-2-1-3-8-18/h1-14,21-23H/t21-,22-,23-/m1/s1. The molecule has 1 saturated heterocycles. The first-order valence-electron chi connectivity index (χ1n) is 9.95. The van der Waals surface area contributed by atoms with E-state index in [1.165, 1.54) is 6.20 Å². The van der Waals surface area contributed by atoms with Crippen molar-refractivity contribution in [2.24, 2.45) is 5.41 Å². The zero-order chi connectivity index (χ0) is 21.4. The Morgan fingerprint density at radius 3 is 2.42 bits per heavy atom. The maximum atomic E-state index is 13.9. The topological polar surface area (TPSA) is 93.7 Å². The minimum atomic E-state index is -1.47. The summed E-state index contributed by atoms with van der Waals surface area (Å²) in [7, 11) is 0. The number of hydrogen-bond acceptors (Lipinski definition) is 6. The van der Waals surface area contributed by atoms with Crippen LogP contribution in [0.2, 0.25) is 0 Å². The lowest BCUT2D eigenvalue weighted by Gasteiger charge is -2.35. The van der Waals surface area contributed by atoms with Crippen molar-refractivity contribution in [2.45, 2.75) is 18.0 Å². The minimum Gasteiger partial charge on any atom is -0.351 e. The molecule has 0 aliphatic carbocycles. The number of nitriles is 2. The van der Waals surface area contributed by atoms with Gasteiger partial charge in [0.1, 0.15) is 6.04 Å². The van der Waals surface area contributed by atoms with Crippen molar-refractivity contribution in [3.05, 3.63) is 95.8 Å². The van der Waals surface area contributed by atoms with E-state index in [4.69, 9.17) is 0 Å². The van der Waals surface area contributed by atoms with E-state index in [2.05, 4.69) is 22.3 Å². The number of hydrogen-bond donors (Lipinski definition) is 0. The minimum absolute atomic E-state index is 0.134. The molecule has 0 amide bonds. The van der Waals surface area contributed by atoms with E-state index in [0.717, 1.165) is 11.3 Å². The van der Waals surface area contributed by atoms with Gasteiger partial charge in [0.25, 0.3) is 0 Å². The lowest BCUT2D eigenvalue weighted by molar-refractivity contribution is 0.0951. The number of carbonyl (C=O) groups is 1. The second kappa shape index (κ2) is 7.19. The highest BCUT2D eigenvalue weighted by molar-refractivity contribution is 6.04. The van der Waals surface area contributed by atoms with Gasteiger partial charge in [0.15, 0.2) is 11.2 Å². The SMILES string of the molecule is N#CC1(C#N)[C@H](c2ccnnc2)[C@H](C(=O)c2ccccc2)N2c3ccccc3C=C[C@@H]21. The maximum absolute atomic E-state index is 13.9. The molecule has 0 saturated carbocycles. The van der Waals surface area contributed by atoms with Crippen LogP contribution in [0, 0.1) is 28.1 Å². The van der Waals surface area contributed by atoms with Crippen LogP contribution in [0.3, 0.4) is 0 Å². The third kappa shape index (κ3) is 2.66. The molecule has 148 valence electrons. The largest absolute Gasteiger partial charge is 0.351 e. The summed E-state index contributed by atoms with van der Waals surface area (Å²) in [4.78, 5) is 15.8. The molecule has 1 aromatic heterocycles. The zero-order valence-electron chi connectivity index (χ0n) is 16.5. The van der Waals surface area contributed by atoms with Crippen molar-refractivity contribution in [1.29, 1.82) is 10.5 Å². The van der Waals surface area contributed by atoms with Crippen LogP contribution in [-0.4, -0.2) is 28.1 Å². The van der Waals surface area contributed by atoms with Gasteiger partial charge in [0.05, 0.1) is 24.4 Å². The van der Waals surface area contributed by atoms with Crippen LogP contribution < -0.4 is 4.90 Å². The molecule has 0 spiro atoms. The summed E-state index contributed by atoms with van der Waals surface area (Å²) in [6.07, 6.45) is 6.87. The molecule has 0 radical (unpaired) electrons. The van der Waals surface area contributed by atoms with E-state index >= 15 is 0 Å². The van der Waals surface area contributed by atoms with E-state index in [9.17, 15) is 15.3 Å². The van der Waals surface area contributed by atoms with Gasteiger partial charge in [0.2, 0.25) is 0 Å². The fourth-order valence-electron chi connectivity index (χ4n) is 4.87. The van der Waals surface area contributed by atoms with Gasteiger partial charge in [-0.3, -0.25) is 4.79 Å². The molecule has 6 heteroatoms. The first-order valence-corrected chi connectivity index (χ1v) is 9.95. The van der Waals surface area contributed by atoms with Crippen LogP contribution in [-0.2, 0) is 0 Å². The number of fused-ring (bicyclic) bond motifs is 3. The molecule has 0 N–H and O–H groups in total. The van der Waals surface area contributed by atoms with E-state index in [-0.39, 0.29) is 5.78 Å². The molecular weight excluding hydrogens is 386 g/mol. The fourth-order valence-corrected chi connectivity index (χ4v) is 4.87. The van der Waals surface area contributed by atoms with Gasteiger partial charge in [0, 0.05) is 23.4 Å². The third-order valence-electron chi connectivity index (χ3n) is 6.21. The molecule has 0 unspecified atom stereocenters. The monoisotopic (exact) mass is 403 g/mol. The third-order valence-corrected chi connectivity index (χ3v) is 6.21. The number of para-hydroxylation sites is 1. The molecule has 31 heavy (non-hydrogen) atoms. The van der Waals surface area contributed by atoms with Crippen molar-refractivity contribution in [1.82, 2.24) is 10.2 Å². The summed E-state index contributed by atoms with van der Waals surface area (Å²) in [6.45, 7) is 0. The Bertz CT molecular complexity index is 1240. The summed E-state index contributed by atoms with van der Waals surface area (Å²) in [6, 6.07) is 21.7. The average Bonchev–Trinajstić information content (AvgIpc) is 3.15. The van der Waals surface area contributed by atoms with Crippen molar-refractivity contribution >= 4 is 17.5 Å². The lowest BCUT2D eigenvalue weighted by Crippen LogP contribution is -2.44. The van der Waals surface area contributed by atoms with Crippen molar-refractivity contribution in [2.75, 3.05) is 4.90 Å². The number of rotatable bonds is 3. The molecule has 2 aromatic carbocycles. The van der Waals surface area contributed by atoms with Crippen molar-refractivity contribution in [3.63, 3.8) is 0 Å². The lowest BCUT2D eigenvalue weighted by atomic mass is 9.69. The second-order valence-electron chi connectivity index (χ2n) is 7.69. The van der Waals surface area contributed by atoms with E-state index in [1.807, 2.05) is 59.5 Å². The fraction of sp³-hybridized carbons (Fsp3) is 0.160. The Morgan fingerprint density at radius 2 is 1.71 bits per heavy atom. The number of carbonyl (C=O) groups excluding carboxylic acids is 1. The Kier molecular flexibility index (Phi) is 4.34. The predicted molar refractivity (Wildman–Crippen MR) is 115 cm³/mol. The van der Waals surface area contributed by atoms with Crippen LogP contribution in [0.4, 0.5) is 5.69 Å². The summed E-state index contributed by atoms with van der Waals surface area (Å²) < 4.78 is 0. The second-order valence-corrected chi connectivity index (χ2v) is 7.69. The van der Waals surface area contributed by atoms with Gasteiger partial charge in [-0.15, -0.1) is 0 Å². The number of Topliss-reactive ketones (excluding diaryl/α,β-unsaturated/α-hetero) is 1. The molecule has 3 aromatic rings. The maximum Gasteiger partial charge on any atom is 0.185 e. The van der Waals surface area contributed by atoms with Crippen molar-refractivity contribution in [3.8, 4) is 12.1 Å². The van der Waals surface area contributed by atoms with Gasteiger partial charge in [-0.05, 0) is 23.3 Å². The summed E-state index contributed by atoms with van der Waals surface area (Å²) in [5, 5.41) is 28.5. The first kappa shape index (κ1) is 18.7. The Morgan fingerprint density at radius 1 is 0.968 bits per heavy atom. The van der Waals surface area contributed by atoms with Crippen LogP contribution in [0.15, 0.2) is 79.1 Å². The van der Waals surface area contributed by atoms with Gasteiger partial charge in [-0.25, -0.2) is 0 Å². The first-order chi connectivity index (χ1) is 15.2. The van der Waals surface area contributed by atoms with Crippen LogP contribution in [0.5, 0.6) is 0 Å². The highest BCUT2D eigenvalue weighted by atomic mass is 16.1. The molecule has 6 nitrogen and oxygen atoms in total. The Balaban J connectivity index is 1.79. The average molecular weight is 403 g/mol. The number of benzene rings is 2. The molecule has 3 atom stereocenters. The quantitative estimate of drug-likeness (QED) is 0.618. The van der Waals surface area contributed by atoms with Gasteiger partial charge in [-0.1, -0.05) is 60.7 Å². The summed E-state index contributed by atoms with van der Waals surface area (Å²) >= 11 is 0. The van der Waals surface area contributed by atoms with E-state index in [0.29, 0.717) is 11.1 Å². The molecule has 0 bridgehead atoms. The molecule has 2 aliphatic rings. The van der Waals surface area contributed by atoms with Gasteiger partial charge in [-0.2, -0.15) is 20.7 Å². The number of ketones is 1. The molecule has 5 rings (SSSR count). The number of anilines is 1. The summed E-state index contributed by atoms with van der Waals surface area (Å²) in [5.41, 5.74) is 1.50. The highest BCUT2D eigenvalue weighted by Crippen LogP contribution is 2.55. The molecular formula is C25H17N5O. The normalized spacial score (nSPS) is 22.6.